The molecule has 0 N–H and O–H groups in total. The molecule has 1 amide bonds. The van der Waals surface area contributed by atoms with Crippen LogP contribution in [0.15, 0.2) is 66.0 Å². The Morgan fingerprint density at radius 1 is 1.12 bits per heavy atom. The molecule has 0 saturated carbocycles. The summed E-state index contributed by atoms with van der Waals surface area (Å²) in [5, 5.41) is 1.95. The SMILES string of the molecule is O=C(c1ccc(-c2cccs2)cc1F)N1CCO[C@@H](c2ccccc2)C1. The van der Waals surface area contributed by atoms with Crippen molar-refractivity contribution in [3.05, 3.63) is 83.0 Å². The molecule has 1 atom stereocenters. The number of morpholine rings is 1. The van der Waals surface area contributed by atoms with Crippen LogP contribution in [-0.4, -0.2) is 30.5 Å². The number of amides is 1. The minimum absolute atomic E-state index is 0.110. The van der Waals surface area contributed by atoms with Crippen LogP contribution in [-0.2, 0) is 4.74 Å². The van der Waals surface area contributed by atoms with Crippen LogP contribution in [0.4, 0.5) is 4.39 Å². The van der Waals surface area contributed by atoms with Crippen LogP contribution in [0, 0.1) is 5.82 Å². The molecular formula is C21H18FNO2S. The lowest BCUT2D eigenvalue weighted by molar-refractivity contribution is -0.0229. The minimum Gasteiger partial charge on any atom is -0.370 e. The molecule has 3 aromatic rings. The van der Waals surface area contributed by atoms with E-state index in [0.717, 1.165) is 16.0 Å². The lowest BCUT2D eigenvalue weighted by atomic mass is 10.1. The fraction of sp³-hybridized carbons (Fsp3) is 0.190. The van der Waals surface area contributed by atoms with Gasteiger partial charge in [-0.05, 0) is 34.7 Å². The van der Waals surface area contributed by atoms with Crippen molar-refractivity contribution >= 4 is 17.2 Å². The quantitative estimate of drug-likeness (QED) is 0.667. The number of thiophene rings is 1. The van der Waals surface area contributed by atoms with Crippen LogP contribution >= 0.6 is 11.3 Å². The maximum absolute atomic E-state index is 14.6. The Bertz CT molecular complexity index is 896. The first-order valence-electron chi connectivity index (χ1n) is 8.51. The highest BCUT2D eigenvalue weighted by Crippen LogP contribution is 2.28. The molecule has 0 bridgehead atoms. The maximum atomic E-state index is 14.6. The van der Waals surface area contributed by atoms with Crippen molar-refractivity contribution in [3.8, 4) is 10.4 Å². The van der Waals surface area contributed by atoms with E-state index in [9.17, 15) is 9.18 Å². The predicted molar refractivity (Wildman–Crippen MR) is 101 cm³/mol. The second-order valence-electron chi connectivity index (χ2n) is 6.19. The number of ether oxygens (including phenoxy) is 1. The summed E-state index contributed by atoms with van der Waals surface area (Å²) in [6, 6.07) is 18.5. The highest BCUT2D eigenvalue weighted by Gasteiger charge is 2.27. The fourth-order valence-electron chi connectivity index (χ4n) is 3.16. The molecule has 1 saturated heterocycles. The number of benzene rings is 2. The van der Waals surface area contributed by atoms with Crippen LogP contribution in [0.5, 0.6) is 0 Å². The van der Waals surface area contributed by atoms with Gasteiger partial charge in [0.15, 0.2) is 0 Å². The zero-order valence-electron chi connectivity index (χ0n) is 14.1. The highest BCUT2D eigenvalue weighted by molar-refractivity contribution is 7.13. The number of halogens is 1. The summed E-state index contributed by atoms with van der Waals surface area (Å²) < 4.78 is 20.4. The smallest absolute Gasteiger partial charge is 0.257 e. The van der Waals surface area contributed by atoms with E-state index in [1.165, 1.54) is 6.07 Å². The summed E-state index contributed by atoms with van der Waals surface area (Å²) in [6.07, 6.45) is -0.178. The van der Waals surface area contributed by atoms with Crippen molar-refractivity contribution in [2.45, 2.75) is 6.10 Å². The molecule has 26 heavy (non-hydrogen) atoms. The van der Waals surface area contributed by atoms with E-state index >= 15 is 0 Å². The first-order valence-corrected chi connectivity index (χ1v) is 9.39. The molecule has 0 aliphatic carbocycles. The molecular weight excluding hydrogens is 349 g/mol. The number of nitrogens with zero attached hydrogens (tertiary/aromatic N) is 1. The lowest BCUT2D eigenvalue weighted by Crippen LogP contribution is -2.42. The van der Waals surface area contributed by atoms with Gasteiger partial charge in [0.25, 0.3) is 5.91 Å². The monoisotopic (exact) mass is 367 g/mol. The first kappa shape index (κ1) is 16.9. The molecule has 3 nitrogen and oxygen atoms in total. The third kappa shape index (κ3) is 3.41. The van der Waals surface area contributed by atoms with E-state index in [4.69, 9.17) is 4.74 Å². The zero-order chi connectivity index (χ0) is 17.9. The summed E-state index contributed by atoms with van der Waals surface area (Å²) >= 11 is 1.55. The van der Waals surface area contributed by atoms with Gasteiger partial charge < -0.3 is 9.64 Å². The van der Waals surface area contributed by atoms with Crippen LogP contribution in [0.3, 0.4) is 0 Å². The molecule has 132 valence electrons. The average Bonchev–Trinajstić information content (AvgIpc) is 3.23. The van der Waals surface area contributed by atoms with Crippen LogP contribution in [0.2, 0.25) is 0 Å². The Morgan fingerprint density at radius 2 is 1.96 bits per heavy atom. The first-order chi connectivity index (χ1) is 12.7. The van der Waals surface area contributed by atoms with Crippen LogP contribution in [0.1, 0.15) is 22.0 Å². The topological polar surface area (TPSA) is 29.5 Å². The van der Waals surface area contributed by atoms with E-state index in [0.29, 0.717) is 19.7 Å². The van der Waals surface area contributed by atoms with Crippen LogP contribution < -0.4 is 0 Å². The van der Waals surface area contributed by atoms with E-state index < -0.39 is 5.82 Å². The number of rotatable bonds is 3. The largest absolute Gasteiger partial charge is 0.370 e. The normalized spacial score (nSPS) is 17.3. The van der Waals surface area contributed by atoms with Gasteiger partial charge in [0.1, 0.15) is 11.9 Å². The van der Waals surface area contributed by atoms with Gasteiger partial charge in [-0.15, -0.1) is 11.3 Å². The van der Waals surface area contributed by atoms with Gasteiger partial charge in [-0.1, -0.05) is 42.5 Å². The van der Waals surface area contributed by atoms with Gasteiger partial charge in [0, 0.05) is 11.4 Å². The fourth-order valence-corrected chi connectivity index (χ4v) is 3.88. The van der Waals surface area contributed by atoms with Crippen LogP contribution in [0.25, 0.3) is 10.4 Å². The summed E-state index contributed by atoms with van der Waals surface area (Å²) in [5.41, 5.74) is 1.93. The maximum Gasteiger partial charge on any atom is 0.257 e. The van der Waals surface area contributed by atoms with E-state index in [-0.39, 0.29) is 17.6 Å². The van der Waals surface area contributed by atoms with Crippen molar-refractivity contribution < 1.29 is 13.9 Å². The molecule has 1 aliphatic heterocycles. The second kappa shape index (κ2) is 7.40. The Morgan fingerprint density at radius 3 is 2.69 bits per heavy atom. The van der Waals surface area contributed by atoms with Gasteiger partial charge in [-0.3, -0.25) is 4.79 Å². The second-order valence-corrected chi connectivity index (χ2v) is 7.14. The number of carbonyl (C=O) groups excluding carboxylic acids is 1. The van der Waals surface area contributed by atoms with Gasteiger partial charge >= 0.3 is 0 Å². The van der Waals surface area contributed by atoms with Crippen molar-refractivity contribution in [1.29, 1.82) is 0 Å². The Balaban J connectivity index is 1.53. The van der Waals surface area contributed by atoms with E-state index in [1.807, 2.05) is 47.8 Å². The van der Waals surface area contributed by atoms with Crippen molar-refractivity contribution in [2.75, 3.05) is 19.7 Å². The van der Waals surface area contributed by atoms with E-state index in [1.54, 1.807) is 28.4 Å². The molecule has 5 heteroatoms. The Hall–Kier alpha value is -2.50. The minimum atomic E-state index is -0.483. The highest BCUT2D eigenvalue weighted by atomic mass is 32.1. The van der Waals surface area contributed by atoms with Gasteiger partial charge in [-0.25, -0.2) is 4.39 Å². The van der Waals surface area contributed by atoms with Crippen molar-refractivity contribution in [2.24, 2.45) is 0 Å². The molecule has 1 fully saturated rings. The number of hydrogen-bond donors (Lipinski definition) is 0. The Labute approximate surface area is 155 Å². The third-order valence-corrected chi connectivity index (χ3v) is 5.45. The molecule has 0 radical (unpaired) electrons. The summed E-state index contributed by atoms with van der Waals surface area (Å²) in [7, 11) is 0. The zero-order valence-corrected chi connectivity index (χ0v) is 14.9. The van der Waals surface area contributed by atoms with Gasteiger partial charge in [-0.2, -0.15) is 0 Å². The number of carbonyl (C=O) groups is 1. The molecule has 1 aromatic heterocycles. The summed E-state index contributed by atoms with van der Waals surface area (Å²) in [5.74, 6) is -0.770. The van der Waals surface area contributed by atoms with Gasteiger partial charge in [0.05, 0.1) is 18.7 Å². The molecule has 2 heterocycles. The average molecular weight is 367 g/mol. The molecule has 4 rings (SSSR count). The summed E-state index contributed by atoms with van der Waals surface area (Å²) in [4.78, 5) is 15.5. The van der Waals surface area contributed by atoms with E-state index in [2.05, 4.69) is 0 Å². The molecule has 1 aliphatic rings. The molecule has 0 spiro atoms. The van der Waals surface area contributed by atoms with Crippen molar-refractivity contribution in [1.82, 2.24) is 4.90 Å². The molecule has 0 unspecified atom stereocenters. The lowest BCUT2D eigenvalue weighted by Gasteiger charge is -2.33. The molecule has 2 aromatic carbocycles. The third-order valence-electron chi connectivity index (χ3n) is 4.53. The Kier molecular flexibility index (Phi) is 4.82. The standard InChI is InChI=1S/C21H18FNO2S/c22-18-13-16(20-7-4-12-26-20)8-9-17(18)21(24)23-10-11-25-19(14-23)15-5-2-1-3-6-15/h1-9,12-13,19H,10-11,14H2/t19-/m1/s1. The van der Waals surface area contributed by atoms with Gasteiger partial charge in [0.2, 0.25) is 0 Å². The number of hydrogen-bond acceptors (Lipinski definition) is 3. The van der Waals surface area contributed by atoms with Crippen molar-refractivity contribution in [3.63, 3.8) is 0 Å². The summed E-state index contributed by atoms with van der Waals surface area (Å²) in [6.45, 7) is 1.34. The predicted octanol–water partition coefficient (Wildman–Crippen LogP) is 4.77.